The maximum Gasteiger partial charge on any atom is 0.326 e. The van der Waals surface area contributed by atoms with Gasteiger partial charge in [0.25, 0.3) is 0 Å². The molecule has 2 heterocycles. The molecule has 19 heavy (non-hydrogen) atoms. The minimum atomic E-state index is -0.905. The van der Waals surface area contributed by atoms with Crippen LogP contribution in [-0.4, -0.2) is 72.2 Å². The molecule has 2 aliphatic heterocycles. The third-order valence-corrected chi connectivity index (χ3v) is 4.22. The van der Waals surface area contributed by atoms with Crippen molar-refractivity contribution in [2.45, 2.75) is 31.2 Å². The lowest BCUT2D eigenvalue weighted by Gasteiger charge is -2.35. The second-order valence-electron chi connectivity index (χ2n) is 5.34. The van der Waals surface area contributed by atoms with Crippen LogP contribution >= 0.6 is 0 Å². The number of carboxylic acids is 1. The molecule has 0 aromatic rings. The Balaban J connectivity index is 1.97. The summed E-state index contributed by atoms with van der Waals surface area (Å²) in [4.78, 5) is 26.9. The van der Waals surface area contributed by atoms with Gasteiger partial charge in [-0.25, -0.2) is 0 Å². The normalized spacial score (nSPS) is 28.3. The zero-order valence-corrected chi connectivity index (χ0v) is 11.4. The number of carboxylic acid groups (broad SMARTS) is 1. The Morgan fingerprint density at radius 2 is 2.16 bits per heavy atom. The van der Waals surface area contributed by atoms with Gasteiger partial charge < -0.3 is 14.7 Å². The highest BCUT2D eigenvalue weighted by Gasteiger charge is 2.47. The minimum absolute atomic E-state index is 0.187. The SMILES string of the molecule is COCC1(C(=O)O)CCCN1CCN1CCCC1=O. The Morgan fingerprint density at radius 1 is 1.37 bits per heavy atom. The van der Waals surface area contributed by atoms with Gasteiger partial charge in [-0.15, -0.1) is 0 Å². The molecule has 6 nitrogen and oxygen atoms in total. The van der Waals surface area contributed by atoms with Crippen molar-refractivity contribution < 1.29 is 19.4 Å². The van der Waals surface area contributed by atoms with Crippen LogP contribution in [0.2, 0.25) is 0 Å². The van der Waals surface area contributed by atoms with Gasteiger partial charge >= 0.3 is 5.97 Å². The highest BCUT2D eigenvalue weighted by atomic mass is 16.5. The molecular weight excluding hydrogens is 248 g/mol. The monoisotopic (exact) mass is 270 g/mol. The van der Waals surface area contributed by atoms with Crippen LogP contribution in [0.5, 0.6) is 0 Å². The van der Waals surface area contributed by atoms with E-state index in [1.807, 2.05) is 9.80 Å². The van der Waals surface area contributed by atoms with Gasteiger partial charge in [0.1, 0.15) is 5.54 Å². The first-order valence-electron chi connectivity index (χ1n) is 6.85. The lowest BCUT2D eigenvalue weighted by molar-refractivity contribution is -0.153. The number of ether oxygens (including phenoxy) is 1. The Bertz CT molecular complexity index is 361. The number of amides is 1. The number of rotatable bonds is 6. The smallest absolute Gasteiger partial charge is 0.326 e. The highest BCUT2D eigenvalue weighted by molar-refractivity contribution is 5.79. The number of nitrogens with zero attached hydrogens (tertiary/aromatic N) is 2. The number of hydrogen-bond donors (Lipinski definition) is 1. The molecule has 0 radical (unpaired) electrons. The van der Waals surface area contributed by atoms with E-state index in [0.717, 1.165) is 25.9 Å². The zero-order chi connectivity index (χ0) is 13.9. The molecule has 0 spiro atoms. The number of carbonyl (C=O) groups excluding carboxylic acids is 1. The Labute approximate surface area is 113 Å². The molecule has 0 aliphatic carbocycles. The van der Waals surface area contributed by atoms with Gasteiger partial charge in [0, 0.05) is 33.2 Å². The predicted molar refractivity (Wildman–Crippen MR) is 68.9 cm³/mol. The molecule has 1 amide bonds. The topological polar surface area (TPSA) is 70.1 Å². The van der Waals surface area contributed by atoms with Crippen molar-refractivity contribution in [3.63, 3.8) is 0 Å². The molecule has 1 atom stereocenters. The standard InChI is InChI=1S/C13H22N2O4/c1-19-10-13(12(17)18)5-3-7-15(13)9-8-14-6-2-4-11(14)16/h2-10H2,1H3,(H,17,18). The van der Waals surface area contributed by atoms with Gasteiger partial charge in [-0.3, -0.25) is 14.5 Å². The van der Waals surface area contributed by atoms with Crippen molar-refractivity contribution in [1.82, 2.24) is 9.80 Å². The van der Waals surface area contributed by atoms with Crippen molar-refractivity contribution in [3.05, 3.63) is 0 Å². The summed E-state index contributed by atoms with van der Waals surface area (Å²) in [5, 5.41) is 9.51. The number of aliphatic carboxylic acids is 1. The fourth-order valence-electron chi connectivity index (χ4n) is 3.15. The minimum Gasteiger partial charge on any atom is -0.480 e. The fraction of sp³-hybridized carbons (Fsp3) is 0.846. The summed E-state index contributed by atoms with van der Waals surface area (Å²) >= 11 is 0. The molecule has 2 aliphatic rings. The first-order valence-corrected chi connectivity index (χ1v) is 6.85. The van der Waals surface area contributed by atoms with E-state index in [0.29, 0.717) is 25.9 Å². The summed E-state index contributed by atoms with van der Waals surface area (Å²) in [5.41, 5.74) is -0.905. The summed E-state index contributed by atoms with van der Waals surface area (Å²) in [6.07, 6.45) is 3.02. The van der Waals surface area contributed by atoms with E-state index in [1.54, 1.807) is 0 Å². The van der Waals surface area contributed by atoms with Crippen LogP contribution in [0.4, 0.5) is 0 Å². The first kappa shape index (κ1) is 14.3. The third kappa shape index (κ3) is 2.74. The molecule has 0 aromatic carbocycles. The van der Waals surface area contributed by atoms with Gasteiger partial charge in [0.15, 0.2) is 0 Å². The largest absolute Gasteiger partial charge is 0.480 e. The van der Waals surface area contributed by atoms with Crippen LogP contribution in [-0.2, 0) is 14.3 Å². The highest BCUT2D eigenvalue weighted by Crippen LogP contribution is 2.30. The lowest BCUT2D eigenvalue weighted by atomic mass is 9.97. The van der Waals surface area contributed by atoms with Crippen LogP contribution < -0.4 is 0 Å². The molecule has 0 bridgehead atoms. The first-order chi connectivity index (χ1) is 9.10. The molecule has 0 saturated carbocycles. The number of likely N-dealkylation sites (tertiary alicyclic amines) is 2. The van der Waals surface area contributed by atoms with Crippen molar-refractivity contribution >= 4 is 11.9 Å². The lowest BCUT2D eigenvalue weighted by Crippen LogP contribution is -2.55. The van der Waals surface area contributed by atoms with Crippen LogP contribution in [0.1, 0.15) is 25.7 Å². The van der Waals surface area contributed by atoms with Crippen LogP contribution in [0.15, 0.2) is 0 Å². The van der Waals surface area contributed by atoms with Crippen molar-refractivity contribution in [2.75, 3.05) is 39.9 Å². The summed E-state index contributed by atoms with van der Waals surface area (Å²) in [6.45, 7) is 3.00. The quantitative estimate of drug-likeness (QED) is 0.745. The maximum atomic E-state index is 11.6. The van der Waals surface area contributed by atoms with Crippen LogP contribution in [0, 0.1) is 0 Å². The molecule has 108 valence electrons. The second kappa shape index (κ2) is 5.88. The molecular formula is C13H22N2O4. The fourth-order valence-corrected chi connectivity index (χ4v) is 3.15. The van der Waals surface area contributed by atoms with Gasteiger partial charge in [-0.2, -0.15) is 0 Å². The van der Waals surface area contributed by atoms with Crippen LogP contribution in [0.25, 0.3) is 0 Å². The molecule has 6 heteroatoms. The average molecular weight is 270 g/mol. The van der Waals surface area contributed by atoms with E-state index >= 15 is 0 Å². The average Bonchev–Trinajstić information content (AvgIpc) is 2.95. The molecule has 1 N–H and O–H groups in total. The number of hydrogen-bond acceptors (Lipinski definition) is 4. The van der Waals surface area contributed by atoms with Crippen molar-refractivity contribution in [3.8, 4) is 0 Å². The van der Waals surface area contributed by atoms with E-state index in [2.05, 4.69) is 0 Å². The number of carbonyl (C=O) groups is 2. The van der Waals surface area contributed by atoms with Crippen molar-refractivity contribution in [1.29, 1.82) is 0 Å². The van der Waals surface area contributed by atoms with E-state index < -0.39 is 11.5 Å². The predicted octanol–water partition coefficient (Wildman–Crippen LogP) is 0.174. The van der Waals surface area contributed by atoms with E-state index in [4.69, 9.17) is 4.74 Å². The molecule has 2 fully saturated rings. The van der Waals surface area contributed by atoms with Crippen molar-refractivity contribution in [2.24, 2.45) is 0 Å². The summed E-state index contributed by atoms with van der Waals surface area (Å²) < 4.78 is 5.11. The van der Waals surface area contributed by atoms with Gasteiger partial charge in [0.05, 0.1) is 6.61 Å². The summed E-state index contributed by atoms with van der Waals surface area (Å²) in [7, 11) is 1.53. The van der Waals surface area contributed by atoms with Gasteiger partial charge in [-0.05, 0) is 25.8 Å². The Kier molecular flexibility index (Phi) is 4.42. The van der Waals surface area contributed by atoms with Crippen LogP contribution in [0.3, 0.4) is 0 Å². The molecule has 2 saturated heterocycles. The Morgan fingerprint density at radius 3 is 2.74 bits per heavy atom. The maximum absolute atomic E-state index is 11.6. The van der Waals surface area contributed by atoms with E-state index in [-0.39, 0.29) is 12.5 Å². The molecule has 1 unspecified atom stereocenters. The Hall–Kier alpha value is -1.14. The summed E-state index contributed by atoms with van der Waals surface area (Å²) in [6, 6.07) is 0. The molecule has 2 rings (SSSR count). The number of methoxy groups -OCH3 is 1. The van der Waals surface area contributed by atoms with E-state index in [1.165, 1.54) is 7.11 Å². The zero-order valence-electron chi connectivity index (χ0n) is 11.4. The second-order valence-corrected chi connectivity index (χ2v) is 5.34. The van der Waals surface area contributed by atoms with Gasteiger partial charge in [-0.1, -0.05) is 0 Å². The van der Waals surface area contributed by atoms with Gasteiger partial charge in [0.2, 0.25) is 5.91 Å². The molecule has 0 aromatic heterocycles. The third-order valence-electron chi connectivity index (χ3n) is 4.22. The summed E-state index contributed by atoms with van der Waals surface area (Å²) in [5.74, 6) is -0.633. The van der Waals surface area contributed by atoms with E-state index in [9.17, 15) is 14.7 Å².